The molecule has 0 saturated heterocycles. The monoisotopic (exact) mass is 264 g/mol. The average Bonchev–Trinajstić information content (AvgIpc) is 2.84. The van der Waals surface area contributed by atoms with Crippen molar-refractivity contribution < 1.29 is 4.79 Å². The van der Waals surface area contributed by atoms with Gasteiger partial charge >= 0.3 is 6.03 Å². The molecule has 0 aromatic heterocycles. The number of hydrogen-bond donors (Lipinski definition) is 2. The maximum Gasteiger partial charge on any atom is 0.323 e. The van der Waals surface area contributed by atoms with Crippen LogP contribution in [0.5, 0.6) is 0 Å². The lowest BCUT2D eigenvalue weighted by atomic mass is 10.2. The molecule has 18 heavy (non-hydrogen) atoms. The second-order valence-electron chi connectivity index (χ2n) is 4.57. The Morgan fingerprint density at radius 1 is 1.33 bits per heavy atom. The maximum atomic E-state index is 11.7. The SMILES string of the molecule is Cc1ccc(Cl)cc1NC(=O)NC=C1CCCC1. The van der Waals surface area contributed by atoms with Gasteiger partial charge in [-0.15, -0.1) is 0 Å². The second-order valence-corrected chi connectivity index (χ2v) is 5.00. The molecule has 1 fully saturated rings. The van der Waals surface area contributed by atoms with Crippen LogP contribution < -0.4 is 10.6 Å². The second kappa shape index (κ2) is 5.91. The molecule has 1 aromatic rings. The molecule has 96 valence electrons. The fourth-order valence-electron chi connectivity index (χ4n) is 2.03. The Morgan fingerprint density at radius 2 is 2.06 bits per heavy atom. The molecule has 0 heterocycles. The highest BCUT2D eigenvalue weighted by atomic mass is 35.5. The van der Waals surface area contributed by atoms with E-state index >= 15 is 0 Å². The molecular weight excluding hydrogens is 248 g/mol. The molecule has 1 aliphatic rings. The van der Waals surface area contributed by atoms with Crippen LogP contribution in [-0.4, -0.2) is 6.03 Å². The van der Waals surface area contributed by atoms with E-state index in [1.807, 2.05) is 19.2 Å². The highest BCUT2D eigenvalue weighted by molar-refractivity contribution is 6.31. The molecule has 2 N–H and O–H groups in total. The third-order valence-corrected chi connectivity index (χ3v) is 3.34. The molecule has 0 atom stereocenters. The van der Waals surface area contributed by atoms with Crippen LogP contribution in [0.3, 0.4) is 0 Å². The van der Waals surface area contributed by atoms with Crippen LogP contribution in [0.1, 0.15) is 31.2 Å². The number of carbonyl (C=O) groups is 1. The minimum absolute atomic E-state index is 0.222. The lowest BCUT2D eigenvalue weighted by Gasteiger charge is -2.08. The zero-order valence-corrected chi connectivity index (χ0v) is 11.2. The van der Waals surface area contributed by atoms with Crippen molar-refractivity contribution in [1.82, 2.24) is 5.32 Å². The number of urea groups is 1. The number of allylic oxidation sites excluding steroid dienone is 1. The predicted molar refractivity (Wildman–Crippen MR) is 74.9 cm³/mol. The topological polar surface area (TPSA) is 41.1 Å². The van der Waals surface area contributed by atoms with Crippen molar-refractivity contribution in [3.63, 3.8) is 0 Å². The Kier molecular flexibility index (Phi) is 4.26. The number of rotatable bonds is 2. The van der Waals surface area contributed by atoms with Gasteiger partial charge in [-0.1, -0.05) is 23.2 Å². The van der Waals surface area contributed by atoms with Crippen LogP contribution in [0.15, 0.2) is 30.0 Å². The van der Waals surface area contributed by atoms with Crippen molar-refractivity contribution in [1.29, 1.82) is 0 Å². The Hall–Kier alpha value is -1.48. The molecule has 0 radical (unpaired) electrons. The quantitative estimate of drug-likeness (QED) is 0.825. The van der Waals surface area contributed by atoms with Crippen molar-refractivity contribution >= 4 is 23.3 Å². The fraction of sp³-hybridized carbons (Fsp3) is 0.357. The highest BCUT2D eigenvalue weighted by Gasteiger charge is 2.07. The molecule has 1 aromatic carbocycles. The molecule has 3 nitrogen and oxygen atoms in total. The molecule has 1 saturated carbocycles. The van der Waals surface area contributed by atoms with E-state index in [2.05, 4.69) is 10.6 Å². The van der Waals surface area contributed by atoms with E-state index in [-0.39, 0.29) is 6.03 Å². The first-order valence-corrected chi connectivity index (χ1v) is 6.54. The maximum absolute atomic E-state index is 11.7. The molecule has 2 amide bonds. The summed E-state index contributed by atoms with van der Waals surface area (Å²) in [6.07, 6.45) is 6.46. The van der Waals surface area contributed by atoms with Gasteiger partial charge in [0.05, 0.1) is 0 Å². The van der Waals surface area contributed by atoms with E-state index in [4.69, 9.17) is 11.6 Å². The summed E-state index contributed by atoms with van der Waals surface area (Å²) in [6.45, 7) is 1.93. The van der Waals surface area contributed by atoms with Crippen LogP contribution in [0.4, 0.5) is 10.5 Å². The zero-order valence-electron chi connectivity index (χ0n) is 10.4. The van der Waals surface area contributed by atoms with Crippen molar-refractivity contribution in [3.8, 4) is 0 Å². The van der Waals surface area contributed by atoms with Crippen molar-refractivity contribution in [2.45, 2.75) is 32.6 Å². The van der Waals surface area contributed by atoms with Gasteiger partial charge in [0.25, 0.3) is 0 Å². The summed E-state index contributed by atoms with van der Waals surface area (Å²) in [5.74, 6) is 0. The number of nitrogens with one attached hydrogen (secondary N) is 2. The molecule has 1 aliphatic carbocycles. The van der Waals surface area contributed by atoms with Gasteiger partial charge in [0.2, 0.25) is 0 Å². The van der Waals surface area contributed by atoms with Crippen LogP contribution >= 0.6 is 11.6 Å². The lowest BCUT2D eigenvalue weighted by molar-refractivity contribution is 0.255. The third-order valence-electron chi connectivity index (χ3n) is 3.10. The summed E-state index contributed by atoms with van der Waals surface area (Å²) in [5.41, 5.74) is 3.04. The van der Waals surface area contributed by atoms with Gasteiger partial charge in [0.1, 0.15) is 0 Å². The molecular formula is C14H17ClN2O. The summed E-state index contributed by atoms with van der Waals surface area (Å²) < 4.78 is 0. The van der Waals surface area contributed by atoms with Crippen molar-refractivity contribution in [3.05, 3.63) is 40.6 Å². The Balaban J connectivity index is 1.94. The Bertz CT molecular complexity index is 475. The third kappa shape index (κ3) is 3.50. The van der Waals surface area contributed by atoms with E-state index in [1.54, 1.807) is 12.1 Å². The minimum Gasteiger partial charge on any atom is -0.314 e. The van der Waals surface area contributed by atoms with Crippen LogP contribution in [0.2, 0.25) is 5.02 Å². The first-order valence-electron chi connectivity index (χ1n) is 6.17. The average molecular weight is 265 g/mol. The summed E-state index contributed by atoms with van der Waals surface area (Å²) in [4.78, 5) is 11.7. The number of benzene rings is 1. The van der Waals surface area contributed by atoms with Crippen molar-refractivity contribution in [2.75, 3.05) is 5.32 Å². The van der Waals surface area contributed by atoms with E-state index in [0.717, 1.165) is 24.1 Å². The zero-order chi connectivity index (χ0) is 13.0. The molecule has 0 aliphatic heterocycles. The number of hydrogen-bond acceptors (Lipinski definition) is 1. The summed E-state index contributed by atoms with van der Waals surface area (Å²) >= 11 is 5.90. The number of carbonyl (C=O) groups excluding carboxylic acids is 1. The van der Waals surface area contributed by atoms with Gasteiger partial charge in [-0.25, -0.2) is 4.79 Å². The lowest BCUT2D eigenvalue weighted by Crippen LogP contribution is -2.24. The van der Waals surface area contributed by atoms with Gasteiger partial charge in [-0.3, -0.25) is 0 Å². The normalized spacial score (nSPS) is 14.4. The summed E-state index contributed by atoms with van der Waals surface area (Å²) in [7, 11) is 0. The molecule has 4 heteroatoms. The fourth-order valence-corrected chi connectivity index (χ4v) is 2.20. The standard InChI is InChI=1S/C14H17ClN2O/c1-10-6-7-12(15)8-13(10)17-14(18)16-9-11-4-2-3-5-11/h6-9H,2-5H2,1H3,(H2,16,17,18). The first kappa shape index (κ1) is 13.0. The largest absolute Gasteiger partial charge is 0.323 e. The molecule has 0 bridgehead atoms. The number of amides is 2. The summed E-state index contributed by atoms with van der Waals surface area (Å²) in [6, 6.07) is 5.22. The molecule has 0 spiro atoms. The van der Waals surface area contributed by atoms with Gasteiger partial charge in [0.15, 0.2) is 0 Å². The van der Waals surface area contributed by atoms with Gasteiger partial charge in [-0.2, -0.15) is 0 Å². The number of aryl methyl sites for hydroxylation is 1. The smallest absolute Gasteiger partial charge is 0.314 e. The van der Waals surface area contributed by atoms with E-state index in [1.165, 1.54) is 18.4 Å². The van der Waals surface area contributed by atoms with Crippen LogP contribution in [0, 0.1) is 6.92 Å². The Labute approximate surface area is 112 Å². The number of halogens is 1. The van der Waals surface area contributed by atoms with Crippen molar-refractivity contribution in [2.24, 2.45) is 0 Å². The van der Waals surface area contributed by atoms with E-state index in [9.17, 15) is 4.79 Å². The predicted octanol–water partition coefficient (Wildman–Crippen LogP) is 4.23. The highest BCUT2D eigenvalue weighted by Crippen LogP contribution is 2.23. The van der Waals surface area contributed by atoms with E-state index in [0.29, 0.717) is 5.02 Å². The van der Waals surface area contributed by atoms with Gasteiger partial charge in [0, 0.05) is 16.9 Å². The molecule has 2 rings (SSSR count). The first-order chi connectivity index (χ1) is 8.65. The Morgan fingerprint density at radius 3 is 2.78 bits per heavy atom. The minimum atomic E-state index is -0.222. The van der Waals surface area contributed by atoms with Crippen LogP contribution in [-0.2, 0) is 0 Å². The van der Waals surface area contributed by atoms with Gasteiger partial charge in [-0.05, 0) is 50.3 Å². The van der Waals surface area contributed by atoms with Crippen LogP contribution in [0.25, 0.3) is 0 Å². The molecule has 0 unspecified atom stereocenters. The summed E-state index contributed by atoms with van der Waals surface area (Å²) in [5, 5.41) is 6.18. The number of anilines is 1. The van der Waals surface area contributed by atoms with E-state index < -0.39 is 0 Å². The van der Waals surface area contributed by atoms with Gasteiger partial charge < -0.3 is 10.6 Å².